The maximum absolute atomic E-state index is 5.62. The number of nitrogens with one attached hydrogen (secondary N) is 1. The average Bonchev–Trinajstić information content (AvgIpc) is 3.31. The van der Waals surface area contributed by atoms with Gasteiger partial charge in [0.2, 0.25) is 0 Å². The Morgan fingerprint density at radius 3 is 3.04 bits per heavy atom. The van der Waals surface area contributed by atoms with Crippen molar-refractivity contribution in [3.63, 3.8) is 0 Å². The number of nitrogens with zero attached hydrogens (tertiary/aromatic N) is 5. The van der Waals surface area contributed by atoms with E-state index in [0.717, 1.165) is 12.2 Å². The summed E-state index contributed by atoms with van der Waals surface area (Å²) in [6, 6.07) is 8.75. The second-order valence-corrected chi connectivity index (χ2v) is 5.75. The fourth-order valence-electron chi connectivity index (χ4n) is 3.19. The normalized spacial score (nSPS) is 21.3. The van der Waals surface area contributed by atoms with Crippen LogP contribution in [0.5, 0.6) is 0 Å². The first kappa shape index (κ1) is 14.3. The number of aromatic nitrogens is 5. The highest BCUT2D eigenvalue weighted by molar-refractivity contribution is 5.81. The van der Waals surface area contributed by atoms with Crippen LogP contribution in [-0.4, -0.2) is 44.0 Å². The van der Waals surface area contributed by atoms with Crippen LogP contribution in [0.3, 0.4) is 0 Å². The van der Waals surface area contributed by atoms with Gasteiger partial charge in [-0.2, -0.15) is 5.10 Å². The van der Waals surface area contributed by atoms with Gasteiger partial charge in [0.05, 0.1) is 42.7 Å². The first-order chi connectivity index (χ1) is 11.4. The molecule has 0 radical (unpaired) electrons. The lowest BCUT2D eigenvalue weighted by atomic mass is 10.1. The number of ether oxygens (including phenoxy) is 1. The SMILES string of the molecule is CCn1nc(CN[C@H]2COC[C@H]2n2ccnn2)c2ccccc21. The number of hydrogen-bond donors (Lipinski definition) is 1. The zero-order valence-electron chi connectivity index (χ0n) is 13.1. The molecule has 2 aromatic heterocycles. The Hall–Kier alpha value is -2.25. The van der Waals surface area contributed by atoms with E-state index in [-0.39, 0.29) is 12.1 Å². The van der Waals surface area contributed by atoms with E-state index in [1.807, 2.05) is 15.6 Å². The van der Waals surface area contributed by atoms with E-state index < -0.39 is 0 Å². The molecule has 0 amide bonds. The van der Waals surface area contributed by atoms with E-state index in [4.69, 9.17) is 9.84 Å². The molecule has 0 unspecified atom stereocenters. The van der Waals surface area contributed by atoms with Crippen LogP contribution in [0.2, 0.25) is 0 Å². The fourth-order valence-corrected chi connectivity index (χ4v) is 3.19. The topological polar surface area (TPSA) is 69.8 Å². The molecule has 1 saturated heterocycles. The molecule has 1 aliphatic heterocycles. The molecule has 1 fully saturated rings. The van der Waals surface area contributed by atoms with Crippen LogP contribution in [0.15, 0.2) is 36.7 Å². The highest BCUT2D eigenvalue weighted by atomic mass is 16.5. The van der Waals surface area contributed by atoms with Crippen LogP contribution < -0.4 is 5.32 Å². The van der Waals surface area contributed by atoms with Gasteiger partial charge in [0.25, 0.3) is 0 Å². The van der Waals surface area contributed by atoms with Crippen molar-refractivity contribution in [2.45, 2.75) is 32.1 Å². The summed E-state index contributed by atoms with van der Waals surface area (Å²) < 4.78 is 9.54. The predicted molar refractivity (Wildman–Crippen MR) is 85.9 cm³/mol. The molecule has 0 bridgehead atoms. The Labute approximate surface area is 134 Å². The van der Waals surface area contributed by atoms with Gasteiger partial charge in [0, 0.05) is 24.7 Å². The maximum atomic E-state index is 5.62. The summed E-state index contributed by atoms with van der Waals surface area (Å²) in [4.78, 5) is 0. The van der Waals surface area contributed by atoms with Gasteiger partial charge in [0.15, 0.2) is 0 Å². The zero-order chi connectivity index (χ0) is 15.6. The third-order valence-corrected chi connectivity index (χ3v) is 4.40. The molecule has 4 rings (SSSR count). The zero-order valence-corrected chi connectivity index (χ0v) is 13.1. The van der Waals surface area contributed by atoms with Crippen LogP contribution in [0, 0.1) is 0 Å². The number of rotatable bonds is 5. The molecule has 3 heterocycles. The summed E-state index contributed by atoms with van der Waals surface area (Å²) >= 11 is 0. The van der Waals surface area contributed by atoms with Crippen molar-refractivity contribution in [1.29, 1.82) is 0 Å². The van der Waals surface area contributed by atoms with Gasteiger partial charge < -0.3 is 10.1 Å². The van der Waals surface area contributed by atoms with Gasteiger partial charge in [-0.3, -0.25) is 4.68 Å². The molecule has 0 saturated carbocycles. The van der Waals surface area contributed by atoms with E-state index in [9.17, 15) is 0 Å². The Balaban J connectivity index is 1.53. The van der Waals surface area contributed by atoms with Gasteiger partial charge in [-0.05, 0) is 13.0 Å². The molecule has 1 aromatic carbocycles. The van der Waals surface area contributed by atoms with E-state index in [1.54, 1.807) is 6.20 Å². The largest absolute Gasteiger partial charge is 0.377 e. The fraction of sp³-hybridized carbons (Fsp3) is 0.438. The number of benzene rings is 1. The lowest BCUT2D eigenvalue weighted by molar-refractivity contribution is 0.181. The smallest absolute Gasteiger partial charge is 0.0945 e. The van der Waals surface area contributed by atoms with E-state index in [0.29, 0.717) is 19.8 Å². The van der Waals surface area contributed by atoms with Crippen molar-refractivity contribution in [3.05, 3.63) is 42.4 Å². The summed E-state index contributed by atoms with van der Waals surface area (Å²) in [6.45, 7) is 5.03. The molecule has 23 heavy (non-hydrogen) atoms. The monoisotopic (exact) mass is 312 g/mol. The van der Waals surface area contributed by atoms with Gasteiger partial charge in [-0.15, -0.1) is 5.10 Å². The number of para-hydroxylation sites is 1. The summed E-state index contributed by atoms with van der Waals surface area (Å²) in [5, 5.41) is 17.5. The van der Waals surface area contributed by atoms with Gasteiger partial charge in [0.1, 0.15) is 0 Å². The van der Waals surface area contributed by atoms with Gasteiger partial charge >= 0.3 is 0 Å². The lowest BCUT2D eigenvalue weighted by Gasteiger charge is -2.18. The van der Waals surface area contributed by atoms with Crippen molar-refractivity contribution in [2.75, 3.05) is 13.2 Å². The van der Waals surface area contributed by atoms with Crippen LogP contribution in [0.25, 0.3) is 10.9 Å². The molecule has 1 N–H and O–H groups in total. The van der Waals surface area contributed by atoms with E-state index >= 15 is 0 Å². The highest BCUT2D eigenvalue weighted by Gasteiger charge is 2.30. The third-order valence-electron chi connectivity index (χ3n) is 4.40. The van der Waals surface area contributed by atoms with Crippen molar-refractivity contribution in [3.8, 4) is 0 Å². The Morgan fingerprint density at radius 1 is 1.30 bits per heavy atom. The average molecular weight is 312 g/mol. The van der Waals surface area contributed by atoms with Crippen molar-refractivity contribution < 1.29 is 4.74 Å². The molecule has 1 aliphatic rings. The molecule has 0 aliphatic carbocycles. The Bertz CT molecular complexity index is 781. The molecule has 2 atom stereocenters. The van der Waals surface area contributed by atoms with Gasteiger partial charge in [-0.1, -0.05) is 23.4 Å². The summed E-state index contributed by atoms with van der Waals surface area (Å²) in [5.74, 6) is 0. The van der Waals surface area contributed by atoms with Gasteiger partial charge in [-0.25, -0.2) is 4.68 Å². The third kappa shape index (κ3) is 2.62. The first-order valence-electron chi connectivity index (χ1n) is 7.98. The van der Waals surface area contributed by atoms with E-state index in [1.165, 1.54) is 10.9 Å². The number of fused-ring (bicyclic) bond motifs is 1. The Morgan fingerprint density at radius 2 is 2.22 bits per heavy atom. The minimum atomic E-state index is 0.178. The van der Waals surface area contributed by atoms with Crippen LogP contribution in [-0.2, 0) is 17.8 Å². The van der Waals surface area contributed by atoms with Crippen LogP contribution in [0.1, 0.15) is 18.7 Å². The standard InChI is InChI=1S/C16H20N6O/c1-2-21-15-6-4-3-5-12(15)13(19-21)9-17-14-10-23-11-16(14)22-8-7-18-20-22/h3-8,14,16-17H,2,9-11H2,1H3/t14-,16+/m0/s1. The van der Waals surface area contributed by atoms with Crippen LogP contribution in [0.4, 0.5) is 0 Å². The molecular formula is C16H20N6O. The maximum Gasteiger partial charge on any atom is 0.0945 e. The molecule has 0 spiro atoms. The quantitative estimate of drug-likeness (QED) is 0.771. The Kier molecular flexibility index (Phi) is 3.80. The van der Waals surface area contributed by atoms with Crippen molar-refractivity contribution in [2.24, 2.45) is 0 Å². The minimum Gasteiger partial charge on any atom is -0.377 e. The van der Waals surface area contributed by atoms with Crippen molar-refractivity contribution >= 4 is 10.9 Å². The lowest BCUT2D eigenvalue weighted by Crippen LogP contribution is -2.36. The molecule has 3 aromatic rings. The summed E-state index contributed by atoms with van der Waals surface area (Å²) in [6.07, 6.45) is 3.58. The highest BCUT2D eigenvalue weighted by Crippen LogP contribution is 2.21. The van der Waals surface area contributed by atoms with E-state index in [2.05, 4.69) is 46.8 Å². The molecule has 120 valence electrons. The number of aryl methyl sites for hydroxylation is 1. The first-order valence-corrected chi connectivity index (χ1v) is 7.98. The summed E-state index contributed by atoms with van der Waals surface area (Å²) in [7, 11) is 0. The second kappa shape index (κ2) is 6.10. The molecule has 7 nitrogen and oxygen atoms in total. The van der Waals surface area contributed by atoms with Crippen LogP contribution >= 0.6 is 0 Å². The van der Waals surface area contributed by atoms with Crippen molar-refractivity contribution in [1.82, 2.24) is 30.1 Å². The molecule has 7 heteroatoms. The molecular weight excluding hydrogens is 292 g/mol. The predicted octanol–water partition coefficient (Wildman–Crippen LogP) is 1.38. The number of hydrogen-bond acceptors (Lipinski definition) is 5. The summed E-state index contributed by atoms with van der Waals surface area (Å²) in [5.41, 5.74) is 2.26. The second-order valence-electron chi connectivity index (χ2n) is 5.75. The minimum absolute atomic E-state index is 0.178.